The Morgan fingerprint density at radius 2 is 2.00 bits per heavy atom. The normalized spacial score (nSPS) is 17.1. The molecule has 0 spiro atoms. The molecule has 1 atom stereocenters. The lowest BCUT2D eigenvalue weighted by Crippen LogP contribution is -2.30. The van der Waals surface area contributed by atoms with Crippen LogP contribution in [0.2, 0.25) is 0 Å². The van der Waals surface area contributed by atoms with Gasteiger partial charge in [0.2, 0.25) is 15.0 Å². The molecule has 0 bridgehead atoms. The lowest BCUT2D eigenvalue weighted by atomic mass is 10.2. The lowest BCUT2D eigenvalue weighted by Gasteiger charge is -2.22. The highest BCUT2D eigenvalue weighted by Gasteiger charge is 2.39. The first-order chi connectivity index (χ1) is 15.4. The Bertz CT molecular complexity index is 1420. The third-order valence-corrected chi connectivity index (χ3v) is 8.55. The van der Waals surface area contributed by atoms with Crippen LogP contribution in [0.15, 0.2) is 47.4 Å². The predicted octanol–water partition coefficient (Wildman–Crippen LogP) is 3.46. The summed E-state index contributed by atoms with van der Waals surface area (Å²) >= 11 is 1.98. The first kappa shape index (κ1) is 21.0. The van der Waals surface area contributed by atoms with Crippen LogP contribution in [-0.4, -0.2) is 44.1 Å². The van der Waals surface area contributed by atoms with Crippen molar-refractivity contribution in [1.29, 1.82) is 0 Å². The number of sulfonamides is 1. The van der Waals surface area contributed by atoms with E-state index in [1.165, 1.54) is 28.6 Å². The van der Waals surface area contributed by atoms with Crippen molar-refractivity contribution in [1.82, 2.24) is 23.2 Å². The van der Waals surface area contributed by atoms with Crippen LogP contribution in [0.5, 0.6) is 0 Å². The molecule has 0 saturated carbocycles. The van der Waals surface area contributed by atoms with Gasteiger partial charge in [0.25, 0.3) is 5.91 Å². The third-order valence-electron chi connectivity index (χ3n) is 5.04. The van der Waals surface area contributed by atoms with E-state index >= 15 is 0 Å². The number of fused-ring (bicyclic) bond motifs is 1. The van der Waals surface area contributed by atoms with E-state index in [0.717, 1.165) is 23.1 Å². The number of nitrogens with zero attached hydrogens (tertiary/aromatic N) is 5. The fourth-order valence-electron chi connectivity index (χ4n) is 3.60. The maximum Gasteiger partial charge on any atom is 0.286 e. The zero-order valence-corrected chi connectivity index (χ0v) is 18.8. The average molecular weight is 491 g/mol. The summed E-state index contributed by atoms with van der Waals surface area (Å²) in [7, 11) is -3.86. The van der Waals surface area contributed by atoms with E-state index in [-0.39, 0.29) is 9.90 Å². The molecule has 1 aliphatic rings. The van der Waals surface area contributed by atoms with Crippen molar-refractivity contribution >= 4 is 55.7 Å². The second kappa shape index (κ2) is 8.24. The topological polar surface area (TPSA) is 118 Å². The summed E-state index contributed by atoms with van der Waals surface area (Å²) in [5.74, 6) is -1.01. The smallest absolute Gasteiger partial charge is 0.286 e. The van der Waals surface area contributed by atoms with Gasteiger partial charge in [-0.05, 0) is 43.2 Å². The Hall–Kier alpha value is -2.87. The number of rotatable bonds is 5. The molecule has 1 saturated heterocycles. The van der Waals surface area contributed by atoms with Crippen molar-refractivity contribution in [2.45, 2.75) is 23.8 Å². The number of amides is 1. The summed E-state index contributed by atoms with van der Waals surface area (Å²) in [6, 6.07) is 9.85. The van der Waals surface area contributed by atoms with Crippen molar-refractivity contribution < 1.29 is 17.6 Å². The molecule has 4 aromatic rings. The molecule has 9 nitrogen and oxygen atoms in total. The molecule has 1 unspecified atom stereocenters. The molecular weight excluding hydrogens is 475 g/mol. The summed E-state index contributed by atoms with van der Waals surface area (Å²) in [5.41, 5.74) is 1.16. The number of anilines is 1. The Balaban J connectivity index is 1.41. The van der Waals surface area contributed by atoms with Gasteiger partial charge in [0, 0.05) is 12.2 Å². The van der Waals surface area contributed by atoms with Gasteiger partial charge >= 0.3 is 0 Å². The largest absolute Gasteiger partial charge is 0.320 e. The highest BCUT2D eigenvalue weighted by Crippen LogP contribution is 2.39. The van der Waals surface area contributed by atoms with E-state index in [0.29, 0.717) is 41.1 Å². The van der Waals surface area contributed by atoms with Gasteiger partial charge in [0.1, 0.15) is 26.8 Å². The maximum absolute atomic E-state index is 13.4. The number of benzene rings is 2. The first-order valence-electron chi connectivity index (χ1n) is 9.57. The van der Waals surface area contributed by atoms with Crippen LogP contribution in [0.3, 0.4) is 0 Å². The maximum atomic E-state index is 13.4. The molecule has 5 rings (SSSR count). The molecule has 2 aromatic heterocycles. The van der Waals surface area contributed by atoms with Crippen LogP contribution < -0.4 is 5.32 Å². The van der Waals surface area contributed by atoms with Gasteiger partial charge in [-0.25, -0.2) is 12.8 Å². The number of carbonyl (C=O) groups excluding carboxylic acids is 1. The van der Waals surface area contributed by atoms with Gasteiger partial charge in [0.05, 0.1) is 17.8 Å². The van der Waals surface area contributed by atoms with Crippen molar-refractivity contribution in [2.75, 3.05) is 11.9 Å². The number of halogens is 1. The summed E-state index contributed by atoms with van der Waals surface area (Å²) in [6.45, 7) is 0.325. The van der Waals surface area contributed by atoms with E-state index in [4.69, 9.17) is 0 Å². The second-order valence-electron chi connectivity index (χ2n) is 7.07. The first-order valence-corrected chi connectivity index (χ1v) is 12.6. The summed E-state index contributed by atoms with van der Waals surface area (Å²) in [5, 5.41) is 11.1. The van der Waals surface area contributed by atoms with Crippen LogP contribution in [0.25, 0.3) is 11.0 Å². The number of hydrogen-bond donors (Lipinski definition) is 1. The summed E-state index contributed by atoms with van der Waals surface area (Å²) < 4.78 is 49.9. The van der Waals surface area contributed by atoms with Crippen molar-refractivity contribution in [3.63, 3.8) is 0 Å². The molecule has 1 N–H and O–H groups in total. The van der Waals surface area contributed by atoms with Gasteiger partial charge in [0.15, 0.2) is 0 Å². The molecule has 32 heavy (non-hydrogen) atoms. The highest BCUT2D eigenvalue weighted by atomic mass is 32.2. The standard InChI is InChI=1S/C19H15FN6O3S3/c20-11-4-1-5-12(10-11)21-17(27)19-23-22-18(30-19)14-7-3-9-26(14)32(28,29)15-8-2-6-13-16(15)25-31-24-13/h1-2,4-6,8,10,14H,3,7,9H2,(H,21,27). The molecule has 3 heterocycles. The number of carbonyl (C=O) groups is 1. The molecular formula is C19H15FN6O3S3. The van der Waals surface area contributed by atoms with E-state index in [1.807, 2.05) is 0 Å². The minimum Gasteiger partial charge on any atom is -0.320 e. The van der Waals surface area contributed by atoms with Gasteiger partial charge in [-0.15, -0.1) is 10.2 Å². The molecule has 1 fully saturated rings. The van der Waals surface area contributed by atoms with Gasteiger partial charge in [-0.3, -0.25) is 4.79 Å². The molecule has 13 heteroatoms. The minimum absolute atomic E-state index is 0.0688. The van der Waals surface area contributed by atoms with Crippen LogP contribution in [-0.2, 0) is 10.0 Å². The molecule has 0 radical (unpaired) electrons. The SMILES string of the molecule is O=C(Nc1cccc(F)c1)c1nnc(C2CCCN2S(=O)(=O)c2cccc3nsnc23)s1. The fraction of sp³-hybridized carbons (Fsp3) is 0.211. The van der Waals surface area contributed by atoms with Gasteiger partial charge < -0.3 is 5.32 Å². The quantitative estimate of drug-likeness (QED) is 0.455. The van der Waals surface area contributed by atoms with E-state index in [1.54, 1.807) is 18.2 Å². The number of hydrogen-bond acceptors (Lipinski definition) is 9. The molecule has 1 aliphatic heterocycles. The molecule has 2 aromatic carbocycles. The lowest BCUT2D eigenvalue weighted by molar-refractivity contribution is 0.102. The summed E-state index contributed by atoms with van der Waals surface area (Å²) in [6.07, 6.45) is 1.21. The van der Waals surface area contributed by atoms with Crippen LogP contribution >= 0.6 is 23.1 Å². The molecule has 0 aliphatic carbocycles. The van der Waals surface area contributed by atoms with E-state index < -0.39 is 27.8 Å². The zero-order valence-electron chi connectivity index (χ0n) is 16.3. The summed E-state index contributed by atoms with van der Waals surface area (Å²) in [4.78, 5) is 12.6. The van der Waals surface area contributed by atoms with Gasteiger partial charge in [-0.2, -0.15) is 13.1 Å². The Morgan fingerprint density at radius 3 is 2.84 bits per heavy atom. The van der Waals surface area contributed by atoms with Crippen molar-refractivity contribution in [3.05, 3.63) is 58.3 Å². The van der Waals surface area contributed by atoms with E-state index in [2.05, 4.69) is 24.3 Å². The second-order valence-corrected chi connectivity index (χ2v) is 10.5. The monoisotopic (exact) mass is 490 g/mol. The van der Waals surface area contributed by atoms with E-state index in [9.17, 15) is 17.6 Å². The third kappa shape index (κ3) is 3.77. The van der Waals surface area contributed by atoms with Crippen LogP contribution in [0, 0.1) is 5.82 Å². The fourth-order valence-corrected chi connectivity index (χ4v) is 6.97. The Kier molecular flexibility index (Phi) is 5.41. The number of nitrogens with one attached hydrogen (secondary N) is 1. The Morgan fingerprint density at radius 1 is 1.16 bits per heavy atom. The molecule has 164 valence electrons. The minimum atomic E-state index is -3.86. The van der Waals surface area contributed by atoms with Crippen molar-refractivity contribution in [2.24, 2.45) is 0 Å². The van der Waals surface area contributed by atoms with Crippen LogP contribution in [0.4, 0.5) is 10.1 Å². The highest BCUT2D eigenvalue weighted by molar-refractivity contribution is 7.89. The molecule has 1 amide bonds. The van der Waals surface area contributed by atoms with Crippen LogP contribution in [0.1, 0.15) is 33.7 Å². The van der Waals surface area contributed by atoms with Crippen molar-refractivity contribution in [3.8, 4) is 0 Å². The Labute approximate surface area is 190 Å². The predicted molar refractivity (Wildman–Crippen MR) is 118 cm³/mol. The van der Waals surface area contributed by atoms with Gasteiger partial charge in [-0.1, -0.05) is 23.5 Å². The average Bonchev–Trinajstić information content (AvgIpc) is 3.53. The zero-order chi connectivity index (χ0) is 22.3. The number of aromatic nitrogens is 4.